The van der Waals surface area contributed by atoms with E-state index in [0.29, 0.717) is 0 Å². The number of hydrogen-bond donors (Lipinski definition) is 0. The lowest BCUT2D eigenvalue weighted by Gasteiger charge is -2.25. The molecule has 0 heterocycles. The topological polar surface area (TPSA) is 0 Å². The molecule has 0 N–H and O–H groups in total. The van der Waals surface area contributed by atoms with Crippen LogP contribution >= 0.6 is 0 Å². The molecule has 0 amide bonds. The van der Waals surface area contributed by atoms with Gasteiger partial charge in [0.2, 0.25) is 0 Å². The predicted octanol–water partition coefficient (Wildman–Crippen LogP) is 21.3. The number of allylic oxidation sites excluding steroid dienone is 12. The van der Waals surface area contributed by atoms with Crippen molar-refractivity contribution in [3.63, 3.8) is 0 Å². The molecule has 0 unspecified atom stereocenters. The summed E-state index contributed by atoms with van der Waals surface area (Å²) in [7, 11) is 0. The summed E-state index contributed by atoms with van der Waals surface area (Å²) in [5.74, 6) is 0. The van der Waals surface area contributed by atoms with Gasteiger partial charge >= 0.3 is 0 Å². The molecule has 84 heavy (non-hydrogen) atoms. The van der Waals surface area contributed by atoms with Gasteiger partial charge in [0.15, 0.2) is 0 Å². The second kappa shape index (κ2) is 22.0. The van der Waals surface area contributed by atoms with Crippen molar-refractivity contribution < 1.29 is 0 Å². The summed E-state index contributed by atoms with van der Waals surface area (Å²) in [6.45, 7) is 2.23. The van der Waals surface area contributed by atoms with E-state index in [4.69, 9.17) is 0 Å². The van der Waals surface area contributed by atoms with Crippen molar-refractivity contribution in [3.05, 3.63) is 341 Å². The lowest BCUT2D eigenvalue weighted by molar-refractivity contribution is 1.00. The van der Waals surface area contributed by atoms with E-state index < -0.39 is 0 Å². The minimum absolute atomic E-state index is 0.910. The molecule has 4 aliphatic carbocycles. The van der Waals surface area contributed by atoms with Crippen LogP contribution in [0.4, 0.5) is 0 Å². The highest BCUT2D eigenvalue weighted by Gasteiger charge is 2.30. The first-order valence-corrected chi connectivity index (χ1v) is 29.9. The van der Waals surface area contributed by atoms with E-state index in [2.05, 4.69) is 304 Å². The molecular weight excluding hydrogens is 1010 g/mol. The maximum atomic E-state index is 2.53. The zero-order valence-electron chi connectivity index (χ0n) is 47.3. The Morgan fingerprint density at radius 1 is 0.298 bits per heavy atom. The van der Waals surface area contributed by atoms with Gasteiger partial charge in [0.05, 0.1) is 0 Å². The molecule has 0 atom stereocenters. The Labute approximate surface area is 492 Å². The fourth-order valence-electron chi connectivity index (χ4n) is 14.2. The Morgan fingerprint density at radius 3 is 1.31 bits per heavy atom. The van der Waals surface area contributed by atoms with E-state index >= 15 is 0 Å². The van der Waals surface area contributed by atoms with Gasteiger partial charge in [0.25, 0.3) is 0 Å². The maximum Gasteiger partial charge on any atom is -0.00131 e. The molecule has 16 rings (SSSR count). The monoisotopic (exact) mass is 1070 g/mol. The molecule has 0 nitrogen and oxygen atoms in total. The zero-order valence-corrected chi connectivity index (χ0v) is 47.3. The van der Waals surface area contributed by atoms with Gasteiger partial charge in [-0.25, -0.2) is 0 Å². The van der Waals surface area contributed by atoms with E-state index in [1.165, 1.54) is 159 Å². The minimum Gasteiger partial charge on any atom is -0.0763 e. The summed E-state index contributed by atoms with van der Waals surface area (Å²) in [5.41, 5.74) is 25.1. The van der Waals surface area contributed by atoms with Crippen LogP contribution in [0.5, 0.6) is 0 Å². The second-order valence-electron chi connectivity index (χ2n) is 22.7. The molecular formula is C84H62. The normalized spacial score (nSPS) is 14.5. The average Bonchev–Trinajstić information content (AvgIpc) is 1.79. The second-order valence-corrected chi connectivity index (χ2v) is 22.7. The third-order valence-electron chi connectivity index (χ3n) is 17.9. The number of benzene rings is 12. The van der Waals surface area contributed by atoms with Crippen LogP contribution in [-0.4, -0.2) is 0 Å². The molecule has 0 fully saturated rings. The Balaban J connectivity index is 0.000000199. The van der Waals surface area contributed by atoms with Crippen LogP contribution in [-0.2, 0) is 0 Å². The summed E-state index contributed by atoms with van der Waals surface area (Å²) in [6, 6.07) is 93.4. The zero-order chi connectivity index (χ0) is 55.9. The highest BCUT2D eigenvalue weighted by atomic mass is 14.3. The van der Waals surface area contributed by atoms with Crippen molar-refractivity contribution in [1.82, 2.24) is 0 Å². The molecule has 0 spiro atoms. The first-order valence-electron chi connectivity index (χ1n) is 29.9. The van der Waals surface area contributed by atoms with Crippen LogP contribution < -0.4 is 10.4 Å². The van der Waals surface area contributed by atoms with Gasteiger partial charge in [-0.3, -0.25) is 0 Å². The number of fused-ring (bicyclic) bond motifs is 8. The fraction of sp³-hybridized carbons (Fsp3) is 0.0714. The average molecular weight is 1070 g/mol. The van der Waals surface area contributed by atoms with Crippen molar-refractivity contribution in [2.24, 2.45) is 0 Å². The van der Waals surface area contributed by atoms with E-state index in [9.17, 15) is 0 Å². The molecule has 0 radical (unpaired) electrons. The van der Waals surface area contributed by atoms with E-state index in [1.54, 1.807) is 0 Å². The Kier molecular flexibility index (Phi) is 13.3. The summed E-state index contributed by atoms with van der Waals surface area (Å²) >= 11 is 0. The number of aryl methyl sites for hydroxylation is 1. The lowest BCUT2D eigenvalue weighted by atomic mass is 9.78. The predicted molar refractivity (Wildman–Crippen MR) is 360 cm³/mol. The molecule has 4 aliphatic rings. The van der Waals surface area contributed by atoms with E-state index in [0.717, 1.165) is 32.1 Å². The van der Waals surface area contributed by atoms with Crippen molar-refractivity contribution >= 4 is 60.3 Å². The van der Waals surface area contributed by atoms with E-state index in [-0.39, 0.29) is 0 Å². The van der Waals surface area contributed by atoms with Crippen LogP contribution in [0.3, 0.4) is 0 Å². The molecule has 0 aliphatic heterocycles. The van der Waals surface area contributed by atoms with E-state index in [1.807, 2.05) is 0 Å². The van der Waals surface area contributed by atoms with Gasteiger partial charge in [0.1, 0.15) is 0 Å². The number of rotatable bonds is 7. The van der Waals surface area contributed by atoms with Crippen LogP contribution in [0.25, 0.3) is 116 Å². The summed E-state index contributed by atoms with van der Waals surface area (Å²) in [6.07, 6.45) is 21.9. The summed E-state index contributed by atoms with van der Waals surface area (Å²) in [4.78, 5) is 0. The Bertz CT molecular complexity index is 4860. The molecule has 0 aromatic heterocycles. The minimum atomic E-state index is 0.910. The standard InChI is InChI=1S/C59H44.C25H18/c1-4-20-41(21-5-1)56-52-32-16-17-33-53(52)57(59(43-24-8-3-9-25-43)58(56)42-22-6-2-7-23-42)45-37-35-44(36-38-45)54-46-26-10-11-27-47(39-46)55(51-31-15-14-30-50(51)54)49-34-18-28-40-19-12-13-29-48(40)49;1-17-19-11-4-6-14-22(19)25(23-15-7-5-12-20(17)23)24-16-8-10-18-9-2-3-13-21(18)24/h1-13,16-17,19-33,35-38H,14-15,18,34,39H2;2-16H,1H3. The van der Waals surface area contributed by atoms with Gasteiger partial charge in [-0.2, -0.15) is 0 Å². The Hall–Kier alpha value is -10.1. The molecule has 398 valence electrons. The SMILES string of the molecule is C1=CC2=C(C3=c4ccccc4=CCC3)C3=CCCC=C3C(c3ccc(-c4c(-c5ccccc5)c(-c5ccccc5)c(-c5ccccc5)c5ccccc45)cc3)=C(C=C1)C2.Cc1c2ccccc2c(-c2cccc3ccccc23)c2ccccc12. The third kappa shape index (κ3) is 8.94. The molecule has 0 saturated heterocycles. The molecule has 12 aromatic rings. The van der Waals surface area contributed by atoms with Crippen LogP contribution in [0, 0.1) is 6.92 Å². The molecule has 0 heteroatoms. The van der Waals surface area contributed by atoms with Gasteiger partial charge in [-0.05, 0) is 198 Å². The van der Waals surface area contributed by atoms with Gasteiger partial charge in [-0.15, -0.1) is 0 Å². The maximum absolute atomic E-state index is 2.53. The van der Waals surface area contributed by atoms with Gasteiger partial charge in [-0.1, -0.05) is 297 Å². The van der Waals surface area contributed by atoms with Crippen LogP contribution in [0.1, 0.15) is 43.2 Å². The smallest absolute Gasteiger partial charge is 0.00131 e. The highest BCUT2D eigenvalue weighted by molar-refractivity contribution is 6.20. The van der Waals surface area contributed by atoms with Crippen LogP contribution in [0.15, 0.2) is 319 Å². The summed E-state index contributed by atoms with van der Waals surface area (Å²) < 4.78 is 0. The summed E-state index contributed by atoms with van der Waals surface area (Å²) in [5, 5.41) is 13.2. The first kappa shape index (κ1) is 50.8. The third-order valence-corrected chi connectivity index (χ3v) is 17.9. The van der Waals surface area contributed by atoms with Gasteiger partial charge in [0, 0.05) is 0 Å². The molecule has 0 saturated carbocycles. The first-order chi connectivity index (χ1) is 41.7. The largest absolute Gasteiger partial charge is 0.0763 e. The Morgan fingerprint density at radius 2 is 0.726 bits per heavy atom. The van der Waals surface area contributed by atoms with Crippen LogP contribution in [0.2, 0.25) is 0 Å². The number of hydrogen-bond acceptors (Lipinski definition) is 0. The van der Waals surface area contributed by atoms with Gasteiger partial charge < -0.3 is 0 Å². The lowest BCUT2D eigenvalue weighted by Crippen LogP contribution is -2.30. The van der Waals surface area contributed by atoms with Crippen molar-refractivity contribution in [2.45, 2.75) is 39.0 Å². The quantitative estimate of drug-likeness (QED) is 0.140. The van der Waals surface area contributed by atoms with Crippen molar-refractivity contribution in [1.29, 1.82) is 0 Å². The van der Waals surface area contributed by atoms with Crippen molar-refractivity contribution in [3.8, 4) is 55.6 Å². The molecule has 12 aromatic carbocycles. The molecule has 2 bridgehead atoms. The fourth-order valence-corrected chi connectivity index (χ4v) is 14.2. The van der Waals surface area contributed by atoms with Crippen molar-refractivity contribution in [2.75, 3.05) is 0 Å². The highest BCUT2D eigenvalue weighted by Crippen LogP contribution is 2.52.